The molecule has 0 saturated carbocycles. The van der Waals surface area contributed by atoms with Crippen LogP contribution in [0.2, 0.25) is 0 Å². The minimum absolute atomic E-state index is 0.137. The summed E-state index contributed by atoms with van der Waals surface area (Å²) in [5.74, 6) is -0.137. The molecule has 0 aliphatic heterocycles. The van der Waals surface area contributed by atoms with Crippen LogP contribution < -0.4 is 11.1 Å². The highest BCUT2D eigenvalue weighted by atomic mass is 32.1. The smallest absolute Gasteiger partial charge is 0.244 e. The van der Waals surface area contributed by atoms with Gasteiger partial charge in [-0.3, -0.25) is 4.79 Å². The number of fused-ring (bicyclic) bond motifs is 1. The van der Waals surface area contributed by atoms with Gasteiger partial charge >= 0.3 is 0 Å². The van der Waals surface area contributed by atoms with Gasteiger partial charge in [0.1, 0.15) is 5.54 Å². The second-order valence-electron chi connectivity index (χ2n) is 5.77. The fourth-order valence-corrected chi connectivity index (χ4v) is 3.94. The lowest BCUT2D eigenvalue weighted by Crippen LogP contribution is -2.48. The van der Waals surface area contributed by atoms with E-state index in [0.717, 1.165) is 5.56 Å². The van der Waals surface area contributed by atoms with Crippen LogP contribution in [-0.4, -0.2) is 5.91 Å². The van der Waals surface area contributed by atoms with Crippen LogP contribution in [0.15, 0.2) is 36.4 Å². The van der Waals surface area contributed by atoms with Gasteiger partial charge in [0.05, 0.1) is 6.54 Å². The Bertz CT molecular complexity index is 625. The Morgan fingerprint density at radius 3 is 2.81 bits per heavy atom. The molecule has 3 nitrogen and oxygen atoms in total. The number of hydrogen-bond acceptors (Lipinski definition) is 3. The van der Waals surface area contributed by atoms with Gasteiger partial charge in [0, 0.05) is 9.75 Å². The molecule has 1 atom stereocenters. The van der Waals surface area contributed by atoms with Gasteiger partial charge in [0.2, 0.25) is 5.91 Å². The largest absolute Gasteiger partial charge is 0.349 e. The van der Waals surface area contributed by atoms with Crippen LogP contribution in [0, 0.1) is 0 Å². The van der Waals surface area contributed by atoms with Crippen molar-refractivity contribution in [3.05, 3.63) is 57.3 Å². The van der Waals surface area contributed by atoms with Crippen molar-refractivity contribution < 1.29 is 4.79 Å². The summed E-state index contributed by atoms with van der Waals surface area (Å²) >= 11 is 1.81. The highest BCUT2D eigenvalue weighted by molar-refractivity contribution is 7.12. The molecule has 2 aromatic rings. The number of aryl methyl sites for hydroxylation is 2. The van der Waals surface area contributed by atoms with E-state index in [1.54, 1.807) is 6.92 Å². The summed E-state index contributed by atoms with van der Waals surface area (Å²) in [6.07, 6.45) is 3.63. The standard InChI is InChI=1S/C17H20N2OS/c1-17(18,13-7-3-2-4-8-13)16(20)19-11-14-10-12-6-5-9-15(12)21-14/h2-4,7-8,10H,5-6,9,11,18H2,1H3,(H,19,20). The van der Waals surface area contributed by atoms with Crippen LogP contribution >= 0.6 is 11.3 Å². The number of hydrogen-bond donors (Lipinski definition) is 2. The van der Waals surface area contributed by atoms with E-state index in [2.05, 4.69) is 11.4 Å². The molecule has 1 heterocycles. The van der Waals surface area contributed by atoms with E-state index in [-0.39, 0.29) is 5.91 Å². The molecule has 1 aliphatic rings. The molecule has 0 bridgehead atoms. The summed E-state index contributed by atoms with van der Waals surface area (Å²) < 4.78 is 0. The predicted octanol–water partition coefficient (Wildman–Crippen LogP) is 2.73. The third-order valence-electron chi connectivity index (χ3n) is 4.07. The number of amides is 1. The molecule has 3 N–H and O–H groups in total. The van der Waals surface area contributed by atoms with Crippen LogP contribution in [0.5, 0.6) is 0 Å². The van der Waals surface area contributed by atoms with Crippen LogP contribution in [-0.2, 0) is 29.7 Å². The minimum atomic E-state index is -0.999. The highest BCUT2D eigenvalue weighted by Crippen LogP contribution is 2.30. The lowest BCUT2D eigenvalue weighted by Gasteiger charge is -2.23. The van der Waals surface area contributed by atoms with E-state index < -0.39 is 5.54 Å². The van der Waals surface area contributed by atoms with Crippen molar-refractivity contribution >= 4 is 17.2 Å². The number of thiophene rings is 1. The molecule has 1 aromatic carbocycles. The third-order valence-corrected chi connectivity index (χ3v) is 5.30. The Balaban J connectivity index is 1.65. The fourth-order valence-electron chi connectivity index (χ4n) is 2.74. The number of nitrogens with two attached hydrogens (primary N) is 1. The summed E-state index contributed by atoms with van der Waals surface area (Å²) in [7, 11) is 0. The van der Waals surface area contributed by atoms with Gasteiger partial charge in [-0.2, -0.15) is 0 Å². The Morgan fingerprint density at radius 1 is 1.33 bits per heavy atom. The van der Waals surface area contributed by atoms with E-state index >= 15 is 0 Å². The molecule has 0 saturated heterocycles. The average Bonchev–Trinajstić information content (AvgIpc) is 3.06. The maximum atomic E-state index is 12.4. The maximum absolute atomic E-state index is 12.4. The van der Waals surface area contributed by atoms with E-state index in [1.807, 2.05) is 41.7 Å². The summed E-state index contributed by atoms with van der Waals surface area (Å²) in [5, 5.41) is 2.97. The van der Waals surface area contributed by atoms with Crippen molar-refractivity contribution in [2.24, 2.45) is 5.73 Å². The first-order valence-corrected chi connectivity index (χ1v) is 8.12. The Labute approximate surface area is 129 Å². The molecule has 1 aliphatic carbocycles. The molecule has 0 radical (unpaired) electrons. The molecular formula is C17H20N2OS. The quantitative estimate of drug-likeness (QED) is 0.912. The molecule has 1 unspecified atom stereocenters. The van der Waals surface area contributed by atoms with Gasteiger partial charge < -0.3 is 11.1 Å². The minimum Gasteiger partial charge on any atom is -0.349 e. The predicted molar refractivity (Wildman–Crippen MR) is 86.2 cm³/mol. The van der Waals surface area contributed by atoms with Crippen LogP contribution in [0.4, 0.5) is 0 Å². The SMILES string of the molecule is CC(N)(C(=O)NCc1cc2c(s1)CCC2)c1ccccc1. The van der Waals surface area contributed by atoms with Gasteiger partial charge in [-0.1, -0.05) is 30.3 Å². The zero-order chi connectivity index (χ0) is 14.9. The summed E-state index contributed by atoms with van der Waals surface area (Å²) in [6.45, 7) is 2.32. The normalized spacial score (nSPS) is 16.3. The number of nitrogens with one attached hydrogen (secondary N) is 1. The zero-order valence-corrected chi connectivity index (χ0v) is 13.0. The molecular weight excluding hydrogens is 280 g/mol. The number of carbonyl (C=O) groups excluding carboxylic acids is 1. The van der Waals surface area contributed by atoms with Gasteiger partial charge in [-0.15, -0.1) is 11.3 Å². The molecule has 3 rings (SSSR count). The second kappa shape index (κ2) is 5.62. The monoisotopic (exact) mass is 300 g/mol. The van der Waals surface area contributed by atoms with Gasteiger partial charge in [-0.25, -0.2) is 0 Å². The molecule has 1 amide bonds. The molecule has 1 aromatic heterocycles. The van der Waals surface area contributed by atoms with E-state index in [1.165, 1.54) is 34.6 Å². The molecule has 110 valence electrons. The van der Waals surface area contributed by atoms with Crippen molar-refractivity contribution in [2.75, 3.05) is 0 Å². The van der Waals surface area contributed by atoms with Crippen LogP contribution in [0.25, 0.3) is 0 Å². The molecule has 0 spiro atoms. The van der Waals surface area contributed by atoms with Crippen molar-refractivity contribution in [2.45, 2.75) is 38.3 Å². The zero-order valence-electron chi connectivity index (χ0n) is 12.2. The maximum Gasteiger partial charge on any atom is 0.244 e. The lowest BCUT2D eigenvalue weighted by molar-refractivity contribution is -0.126. The van der Waals surface area contributed by atoms with Gasteiger partial charge in [0.15, 0.2) is 0 Å². The number of benzene rings is 1. The van der Waals surface area contributed by atoms with E-state index in [9.17, 15) is 4.79 Å². The van der Waals surface area contributed by atoms with Gasteiger partial charge in [-0.05, 0) is 43.4 Å². The van der Waals surface area contributed by atoms with Crippen molar-refractivity contribution in [1.82, 2.24) is 5.32 Å². The summed E-state index contributed by atoms with van der Waals surface area (Å²) in [5.41, 5.74) is 7.50. The van der Waals surface area contributed by atoms with Crippen LogP contribution in [0.3, 0.4) is 0 Å². The first-order chi connectivity index (χ1) is 10.1. The number of rotatable bonds is 4. The van der Waals surface area contributed by atoms with Crippen molar-refractivity contribution in [1.29, 1.82) is 0 Å². The Hall–Kier alpha value is -1.65. The van der Waals surface area contributed by atoms with Crippen LogP contribution in [0.1, 0.15) is 34.2 Å². The average molecular weight is 300 g/mol. The number of carbonyl (C=O) groups is 1. The van der Waals surface area contributed by atoms with E-state index in [0.29, 0.717) is 6.54 Å². The van der Waals surface area contributed by atoms with Crippen molar-refractivity contribution in [3.63, 3.8) is 0 Å². The summed E-state index contributed by atoms with van der Waals surface area (Å²) in [4.78, 5) is 15.1. The lowest BCUT2D eigenvalue weighted by atomic mass is 9.92. The van der Waals surface area contributed by atoms with E-state index in [4.69, 9.17) is 5.73 Å². The highest BCUT2D eigenvalue weighted by Gasteiger charge is 2.30. The topological polar surface area (TPSA) is 55.1 Å². The molecule has 4 heteroatoms. The first-order valence-electron chi connectivity index (χ1n) is 7.30. The molecule has 21 heavy (non-hydrogen) atoms. The van der Waals surface area contributed by atoms with Gasteiger partial charge in [0.25, 0.3) is 0 Å². The summed E-state index contributed by atoms with van der Waals surface area (Å²) in [6, 6.07) is 11.7. The first kappa shape index (κ1) is 14.3. The fraction of sp³-hybridized carbons (Fsp3) is 0.353. The third kappa shape index (κ3) is 2.87. The second-order valence-corrected chi connectivity index (χ2v) is 6.99. The molecule has 0 fully saturated rings. The Kier molecular flexibility index (Phi) is 3.83. The van der Waals surface area contributed by atoms with Crippen molar-refractivity contribution in [3.8, 4) is 0 Å². The Morgan fingerprint density at radius 2 is 2.10 bits per heavy atom.